The maximum atomic E-state index is 12.4. The molecule has 3 aromatic carbocycles. The molecule has 4 heteroatoms. The van der Waals surface area contributed by atoms with Crippen LogP contribution >= 0.6 is 0 Å². The molecular weight excluding hydrogens is 444 g/mol. The van der Waals surface area contributed by atoms with Crippen LogP contribution in [0.25, 0.3) is 11.3 Å². The minimum atomic E-state index is -0.383. The highest BCUT2D eigenvalue weighted by Gasteiger charge is 2.55. The molecule has 2 aliphatic heterocycles. The van der Waals surface area contributed by atoms with Gasteiger partial charge in [-0.05, 0) is 61.6 Å². The van der Waals surface area contributed by atoms with Gasteiger partial charge < -0.3 is 4.90 Å². The van der Waals surface area contributed by atoms with Gasteiger partial charge in [0.1, 0.15) is 5.66 Å². The lowest BCUT2D eigenvalue weighted by atomic mass is 9.66. The van der Waals surface area contributed by atoms with E-state index in [4.69, 9.17) is 4.99 Å². The van der Waals surface area contributed by atoms with Crippen LogP contribution in [0, 0.1) is 5.92 Å². The molecule has 0 saturated heterocycles. The molecule has 36 heavy (non-hydrogen) atoms. The Bertz CT molecular complexity index is 1490. The van der Waals surface area contributed by atoms with Crippen LogP contribution in [-0.4, -0.2) is 17.2 Å². The van der Waals surface area contributed by atoms with Gasteiger partial charge >= 0.3 is 0 Å². The second kappa shape index (κ2) is 8.70. The van der Waals surface area contributed by atoms with E-state index in [1.807, 2.05) is 24.3 Å². The van der Waals surface area contributed by atoms with Gasteiger partial charge in [-0.15, -0.1) is 0 Å². The number of nitrogens with zero attached hydrogens (tertiary/aromatic N) is 2. The molecule has 1 spiro atoms. The summed E-state index contributed by atoms with van der Waals surface area (Å²) >= 11 is 0. The average Bonchev–Trinajstić information content (AvgIpc) is 3.21. The van der Waals surface area contributed by atoms with E-state index < -0.39 is 0 Å². The summed E-state index contributed by atoms with van der Waals surface area (Å²) in [4.78, 5) is 32.7. The van der Waals surface area contributed by atoms with Crippen molar-refractivity contribution in [2.24, 2.45) is 10.9 Å². The number of benzene rings is 3. The van der Waals surface area contributed by atoms with Gasteiger partial charge in [-0.1, -0.05) is 79.2 Å². The molecule has 180 valence electrons. The number of Topliss-reactive ketones (excluding diaryl/α,β-unsaturated/α-hetero) is 2. The van der Waals surface area contributed by atoms with Crippen molar-refractivity contribution in [3.63, 3.8) is 0 Å². The molecule has 4 nitrogen and oxygen atoms in total. The largest absolute Gasteiger partial charge is 0.314 e. The number of fused-ring (bicyclic) bond motifs is 2. The van der Waals surface area contributed by atoms with Gasteiger partial charge in [0, 0.05) is 17.5 Å². The van der Waals surface area contributed by atoms with E-state index in [0.717, 1.165) is 41.6 Å². The Labute approximate surface area is 211 Å². The molecule has 2 heterocycles. The fraction of sp³-hybridized carbons (Fsp3) is 0.281. The number of allylic oxidation sites excluding steroid dienone is 1. The Balaban J connectivity index is 1.64. The monoisotopic (exact) mass is 474 g/mol. The van der Waals surface area contributed by atoms with Crippen molar-refractivity contribution in [3.05, 3.63) is 107 Å². The van der Waals surface area contributed by atoms with Crippen molar-refractivity contribution in [2.75, 3.05) is 4.90 Å². The summed E-state index contributed by atoms with van der Waals surface area (Å²) in [5, 5.41) is 1.61. The smallest absolute Gasteiger partial charge is 0.163 e. The predicted octanol–water partition coefficient (Wildman–Crippen LogP) is 5.18. The van der Waals surface area contributed by atoms with Gasteiger partial charge in [0.15, 0.2) is 11.6 Å². The summed E-state index contributed by atoms with van der Waals surface area (Å²) in [6.45, 7) is 2.93. The highest BCUT2D eigenvalue weighted by atomic mass is 16.1. The fourth-order valence-corrected chi connectivity index (χ4v) is 6.66. The van der Waals surface area contributed by atoms with E-state index in [1.54, 1.807) is 0 Å². The third-order valence-electron chi connectivity index (χ3n) is 8.08. The van der Waals surface area contributed by atoms with Crippen molar-refractivity contribution in [1.29, 1.82) is 0 Å². The fourth-order valence-electron chi connectivity index (χ4n) is 6.66. The lowest BCUT2D eigenvalue weighted by Gasteiger charge is -2.53. The van der Waals surface area contributed by atoms with Crippen LogP contribution in [0.1, 0.15) is 56.6 Å². The maximum Gasteiger partial charge on any atom is 0.163 e. The molecule has 1 saturated carbocycles. The summed E-state index contributed by atoms with van der Waals surface area (Å²) in [7, 11) is 0. The molecule has 0 N–H and O–H groups in total. The van der Waals surface area contributed by atoms with Crippen LogP contribution in [0.5, 0.6) is 0 Å². The Kier molecular flexibility index (Phi) is 5.48. The zero-order valence-electron chi connectivity index (χ0n) is 20.8. The molecular formula is C32H30N2O2. The van der Waals surface area contributed by atoms with Gasteiger partial charge in [-0.25, -0.2) is 0 Å². The van der Waals surface area contributed by atoms with Crippen molar-refractivity contribution in [1.82, 2.24) is 0 Å². The van der Waals surface area contributed by atoms with E-state index >= 15 is 0 Å². The topological polar surface area (TPSA) is 49.7 Å². The molecule has 0 unspecified atom stereocenters. The van der Waals surface area contributed by atoms with Crippen LogP contribution in [-0.2, 0) is 9.59 Å². The molecule has 3 aromatic rings. The van der Waals surface area contributed by atoms with Crippen molar-refractivity contribution < 1.29 is 9.59 Å². The zero-order valence-corrected chi connectivity index (χ0v) is 20.8. The number of carbonyl (C=O) groups excluding carboxylic acids is 2. The van der Waals surface area contributed by atoms with Crippen LogP contribution < -0.4 is 15.5 Å². The van der Waals surface area contributed by atoms with Gasteiger partial charge in [0.05, 0.1) is 16.6 Å². The Morgan fingerprint density at radius 3 is 2.28 bits per heavy atom. The molecule has 1 aliphatic carbocycles. The standard InChI is InChI=1S/C32H30N2O2/c1-21(35)31(22(2)36)25-16-17-28-30(19-25)34-29(24-13-7-4-8-14-24)20-26(23-11-5-3-6-12-23)27-15-9-10-18-32(27,34)33-28/h3-8,11-14,16-17,19-20,26-27H,9-10,15,18H2,1-2H3/t26-,27+,32-/m0/s1. The van der Waals surface area contributed by atoms with Crippen LogP contribution in [0.4, 0.5) is 5.69 Å². The van der Waals surface area contributed by atoms with E-state index in [-0.39, 0.29) is 28.7 Å². The summed E-state index contributed by atoms with van der Waals surface area (Å²) in [6, 6.07) is 27.2. The first-order valence-corrected chi connectivity index (χ1v) is 12.9. The van der Waals surface area contributed by atoms with Crippen molar-refractivity contribution in [2.45, 2.75) is 51.1 Å². The molecule has 0 bridgehead atoms. The predicted molar refractivity (Wildman–Crippen MR) is 143 cm³/mol. The second-order valence-corrected chi connectivity index (χ2v) is 10.2. The maximum absolute atomic E-state index is 12.4. The SMILES string of the molecule is CC(=O)C(C(C)=O)=c1ccc2c(c1)N1C(c3ccccc3)=C[C@@H](c3ccccc3)[C@H]3CCCC[C@@]31N=2. The van der Waals surface area contributed by atoms with E-state index in [0.29, 0.717) is 11.1 Å². The lowest BCUT2D eigenvalue weighted by Crippen LogP contribution is -2.55. The van der Waals surface area contributed by atoms with Gasteiger partial charge in [-0.2, -0.15) is 0 Å². The van der Waals surface area contributed by atoms with Crippen molar-refractivity contribution >= 4 is 28.5 Å². The molecule has 0 aromatic heterocycles. The molecule has 0 amide bonds. The molecule has 3 aliphatic rings. The Morgan fingerprint density at radius 1 is 0.889 bits per heavy atom. The first kappa shape index (κ1) is 22.7. The normalized spacial score (nSPS) is 24.1. The zero-order chi connectivity index (χ0) is 24.9. The Morgan fingerprint density at radius 2 is 1.58 bits per heavy atom. The number of anilines is 1. The van der Waals surface area contributed by atoms with Gasteiger partial charge in [-0.3, -0.25) is 14.6 Å². The first-order chi connectivity index (χ1) is 17.5. The molecule has 3 atom stereocenters. The number of hydrogen-bond acceptors (Lipinski definition) is 4. The van der Waals surface area contributed by atoms with E-state index in [1.165, 1.54) is 25.8 Å². The van der Waals surface area contributed by atoms with E-state index in [9.17, 15) is 9.59 Å². The Hall–Kier alpha value is -3.79. The minimum absolute atomic E-state index is 0.204. The summed E-state index contributed by atoms with van der Waals surface area (Å²) in [5.41, 5.74) is 4.48. The molecule has 6 rings (SSSR count). The highest BCUT2D eigenvalue weighted by molar-refractivity contribution is 6.39. The quantitative estimate of drug-likeness (QED) is 0.490. The number of ketones is 2. The van der Waals surface area contributed by atoms with Gasteiger partial charge in [0.25, 0.3) is 0 Å². The van der Waals surface area contributed by atoms with Crippen LogP contribution in [0.2, 0.25) is 0 Å². The number of rotatable bonds is 4. The molecule has 1 fully saturated rings. The first-order valence-electron chi connectivity index (χ1n) is 12.9. The highest BCUT2D eigenvalue weighted by Crippen LogP contribution is 2.55. The van der Waals surface area contributed by atoms with Crippen LogP contribution in [0.3, 0.4) is 0 Å². The summed E-state index contributed by atoms with van der Waals surface area (Å²) in [6.07, 6.45) is 6.83. The number of carbonyl (C=O) groups is 2. The summed E-state index contributed by atoms with van der Waals surface area (Å²) < 4.78 is 0. The second-order valence-electron chi connectivity index (χ2n) is 10.2. The molecule has 0 radical (unpaired) electrons. The van der Waals surface area contributed by atoms with E-state index in [2.05, 4.69) is 65.6 Å². The van der Waals surface area contributed by atoms with Gasteiger partial charge in [0.2, 0.25) is 0 Å². The average molecular weight is 475 g/mol. The summed E-state index contributed by atoms with van der Waals surface area (Å²) in [5.74, 6) is 0.182. The minimum Gasteiger partial charge on any atom is -0.314 e. The van der Waals surface area contributed by atoms with Crippen molar-refractivity contribution in [3.8, 4) is 0 Å². The lowest BCUT2D eigenvalue weighted by molar-refractivity contribution is -0.116. The number of hydrogen-bond donors (Lipinski definition) is 0. The third kappa shape index (κ3) is 3.47. The third-order valence-corrected chi connectivity index (χ3v) is 8.08. The van der Waals surface area contributed by atoms with Crippen LogP contribution in [0.15, 0.2) is 89.9 Å².